The number of halogens is 2. The van der Waals surface area contributed by atoms with Gasteiger partial charge in [0, 0.05) is 33.1 Å². The van der Waals surface area contributed by atoms with Crippen LogP contribution in [0.25, 0.3) is 0 Å². The van der Waals surface area contributed by atoms with Crippen molar-refractivity contribution in [1.82, 2.24) is 5.32 Å². The van der Waals surface area contributed by atoms with E-state index in [4.69, 9.17) is 23.2 Å². The Morgan fingerprint density at radius 2 is 2.00 bits per heavy atom. The van der Waals surface area contributed by atoms with Crippen LogP contribution >= 0.6 is 34.5 Å². The number of rotatable bonds is 4. The van der Waals surface area contributed by atoms with Crippen molar-refractivity contribution in [2.75, 3.05) is 6.54 Å². The van der Waals surface area contributed by atoms with Crippen LogP contribution in [-0.2, 0) is 0 Å². The molecule has 1 heterocycles. The number of aliphatic hydroxyl groups is 1. The van der Waals surface area contributed by atoms with Gasteiger partial charge in [0.05, 0.1) is 6.10 Å². The molecule has 0 aliphatic rings. The monoisotopic (exact) mass is 315 g/mol. The lowest BCUT2D eigenvalue weighted by atomic mass is 10.1. The van der Waals surface area contributed by atoms with Gasteiger partial charge in [-0.3, -0.25) is 4.79 Å². The lowest BCUT2D eigenvalue weighted by molar-refractivity contribution is 0.0917. The van der Waals surface area contributed by atoms with Crippen LogP contribution in [0, 0.1) is 0 Å². The lowest BCUT2D eigenvalue weighted by Crippen LogP contribution is -2.28. The second kappa shape index (κ2) is 6.39. The summed E-state index contributed by atoms with van der Waals surface area (Å²) in [6.07, 6.45) is -0.941. The molecule has 2 N–H and O–H groups in total. The van der Waals surface area contributed by atoms with Gasteiger partial charge in [-0.25, -0.2) is 0 Å². The van der Waals surface area contributed by atoms with Crippen molar-refractivity contribution in [3.8, 4) is 0 Å². The van der Waals surface area contributed by atoms with E-state index in [2.05, 4.69) is 5.32 Å². The van der Waals surface area contributed by atoms with Crippen molar-refractivity contribution in [2.24, 2.45) is 0 Å². The van der Waals surface area contributed by atoms with Crippen LogP contribution < -0.4 is 5.32 Å². The molecular weight excluding hydrogens is 305 g/mol. The van der Waals surface area contributed by atoms with Crippen LogP contribution in [0.15, 0.2) is 35.0 Å². The van der Waals surface area contributed by atoms with E-state index in [0.717, 1.165) is 0 Å². The normalized spacial score (nSPS) is 12.2. The SMILES string of the molecule is O=C(NCC(O)c1c(Cl)cccc1Cl)c1ccsc1. The van der Waals surface area contributed by atoms with E-state index in [1.807, 2.05) is 5.38 Å². The second-order valence-corrected chi connectivity index (χ2v) is 5.47. The van der Waals surface area contributed by atoms with E-state index < -0.39 is 6.10 Å². The maximum Gasteiger partial charge on any atom is 0.252 e. The molecule has 0 radical (unpaired) electrons. The number of benzene rings is 1. The van der Waals surface area contributed by atoms with Gasteiger partial charge >= 0.3 is 0 Å². The zero-order valence-corrected chi connectivity index (χ0v) is 12.1. The zero-order chi connectivity index (χ0) is 13.8. The molecule has 0 saturated carbocycles. The minimum absolute atomic E-state index is 0.0537. The molecular formula is C13H11Cl2NO2S. The van der Waals surface area contributed by atoms with Crippen LogP contribution in [-0.4, -0.2) is 17.6 Å². The quantitative estimate of drug-likeness (QED) is 0.907. The van der Waals surface area contributed by atoms with Crippen LogP contribution in [0.5, 0.6) is 0 Å². The number of carbonyl (C=O) groups is 1. The third kappa shape index (κ3) is 3.48. The molecule has 1 atom stereocenters. The lowest BCUT2D eigenvalue weighted by Gasteiger charge is -2.15. The van der Waals surface area contributed by atoms with Crippen LogP contribution in [0.3, 0.4) is 0 Å². The molecule has 1 unspecified atom stereocenters. The van der Waals surface area contributed by atoms with Crippen LogP contribution in [0.4, 0.5) is 0 Å². The first-order chi connectivity index (χ1) is 9.09. The van der Waals surface area contributed by atoms with E-state index in [1.165, 1.54) is 11.3 Å². The fraction of sp³-hybridized carbons (Fsp3) is 0.154. The molecule has 0 aliphatic heterocycles. The van der Waals surface area contributed by atoms with Gasteiger partial charge in [-0.15, -0.1) is 0 Å². The Balaban J connectivity index is 2.02. The highest BCUT2D eigenvalue weighted by Gasteiger charge is 2.16. The Kier molecular flexibility index (Phi) is 4.82. The Morgan fingerprint density at radius 3 is 2.58 bits per heavy atom. The third-order valence-electron chi connectivity index (χ3n) is 2.57. The van der Waals surface area contributed by atoms with Gasteiger partial charge in [-0.2, -0.15) is 11.3 Å². The van der Waals surface area contributed by atoms with E-state index in [9.17, 15) is 9.90 Å². The van der Waals surface area contributed by atoms with Crippen molar-refractivity contribution in [3.63, 3.8) is 0 Å². The summed E-state index contributed by atoms with van der Waals surface area (Å²) in [7, 11) is 0. The Bertz CT molecular complexity index is 552. The average molecular weight is 316 g/mol. The van der Waals surface area contributed by atoms with Gasteiger partial charge in [0.2, 0.25) is 0 Å². The molecule has 1 aromatic carbocycles. The Morgan fingerprint density at radius 1 is 1.32 bits per heavy atom. The number of hydrogen-bond acceptors (Lipinski definition) is 3. The van der Waals surface area contributed by atoms with Gasteiger partial charge in [0.1, 0.15) is 0 Å². The summed E-state index contributed by atoms with van der Waals surface area (Å²) in [5.41, 5.74) is 0.999. The van der Waals surface area contributed by atoms with Crippen molar-refractivity contribution >= 4 is 40.4 Å². The predicted molar refractivity (Wildman–Crippen MR) is 78.1 cm³/mol. The van der Waals surface area contributed by atoms with Crippen molar-refractivity contribution < 1.29 is 9.90 Å². The number of carbonyl (C=O) groups excluding carboxylic acids is 1. The Hall–Kier alpha value is -1.07. The topological polar surface area (TPSA) is 49.3 Å². The number of thiophene rings is 1. The number of nitrogens with one attached hydrogen (secondary N) is 1. The number of hydrogen-bond donors (Lipinski definition) is 2. The fourth-order valence-corrected chi connectivity index (χ4v) is 2.90. The maximum atomic E-state index is 11.7. The summed E-state index contributed by atoms with van der Waals surface area (Å²) in [6, 6.07) is 6.71. The van der Waals surface area contributed by atoms with Gasteiger partial charge in [0.15, 0.2) is 0 Å². The molecule has 19 heavy (non-hydrogen) atoms. The molecule has 6 heteroatoms. The van der Waals surface area contributed by atoms with Crippen LogP contribution in [0.1, 0.15) is 22.0 Å². The molecule has 0 saturated heterocycles. The Labute approximate surface area is 124 Å². The van der Waals surface area contributed by atoms with E-state index in [-0.39, 0.29) is 12.5 Å². The minimum atomic E-state index is -0.941. The number of aliphatic hydroxyl groups excluding tert-OH is 1. The molecule has 1 amide bonds. The van der Waals surface area contributed by atoms with E-state index in [1.54, 1.807) is 29.6 Å². The largest absolute Gasteiger partial charge is 0.386 e. The molecule has 0 aliphatic carbocycles. The van der Waals surface area contributed by atoms with E-state index >= 15 is 0 Å². The molecule has 2 aromatic rings. The molecule has 2 rings (SSSR count). The highest BCUT2D eigenvalue weighted by molar-refractivity contribution is 7.08. The van der Waals surface area contributed by atoms with Gasteiger partial charge in [-0.05, 0) is 23.6 Å². The number of amides is 1. The minimum Gasteiger partial charge on any atom is -0.386 e. The van der Waals surface area contributed by atoms with Crippen molar-refractivity contribution in [3.05, 3.63) is 56.2 Å². The first kappa shape index (κ1) is 14.3. The highest BCUT2D eigenvalue weighted by atomic mass is 35.5. The maximum absolute atomic E-state index is 11.7. The average Bonchev–Trinajstić information content (AvgIpc) is 2.89. The van der Waals surface area contributed by atoms with Gasteiger partial charge in [-0.1, -0.05) is 29.3 Å². The first-order valence-electron chi connectivity index (χ1n) is 5.52. The van der Waals surface area contributed by atoms with Crippen molar-refractivity contribution in [2.45, 2.75) is 6.10 Å². The highest BCUT2D eigenvalue weighted by Crippen LogP contribution is 2.29. The summed E-state index contributed by atoms with van der Waals surface area (Å²) < 4.78 is 0. The summed E-state index contributed by atoms with van der Waals surface area (Å²) >= 11 is 13.4. The van der Waals surface area contributed by atoms with Gasteiger partial charge < -0.3 is 10.4 Å². The predicted octanol–water partition coefficient (Wildman–Crippen LogP) is 3.52. The molecule has 100 valence electrons. The molecule has 3 nitrogen and oxygen atoms in total. The van der Waals surface area contributed by atoms with Crippen molar-refractivity contribution in [1.29, 1.82) is 0 Å². The second-order valence-electron chi connectivity index (χ2n) is 3.87. The smallest absolute Gasteiger partial charge is 0.252 e. The van der Waals surface area contributed by atoms with Crippen LogP contribution in [0.2, 0.25) is 10.0 Å². The van der Waals surface area contributed by atoms with E-state index in [0.29, 0.717) is 21.2 Å². The van der Waals surface area contributed by atoms with Gasteiger partial charge in [0.25, 0.3) is 5.91 Å². The molecule has 0 spiro atoms. The standard InChI is InChI=1S/C13H11Cl2NO2S/c14-9-2-1-3-10(15)12(9)11(17)6-16-13(18)8-4-5-19-7-8/h1-5,7,11,17H,6H2,(H,16,18). The summed E-state index contributed by atoms with van der Waals surface area (Å²) in [5, 5.41) is 17.0. The first-order valence-corrected chi connectivity index (χ1v) is 7.22. The molecule has 1 aromatic heterocycles. The summed E-state index contributed by atoms with van der Waals surface area (Å²) in [6.45, 7) is 0.0537. The fourth-order valence-electron chi connectivity index (χ4n) is 1.62. The molecule has 0 fully saturated rings. The zero-order valence-electron chi connectivity index (χ0n) is 9.77. The molecule has 0 bridgehead atoms. The summed E-state index contributed by atoms with van der Waals surface area (Å²) in [4.78, 5) is 11.7. The third-order valence-corrected chi connectivity index (χ3v) is 3.91. The summed E-state index contributed by atoms with van der Waals surface area (Å²) in [5.74, 6) is -0.233.